The number of amides is 2. The number of aryl methyl sites for hydroxylation is 1. The van der Waals surface area contributed by atoms with Gasteiger partial charge >= 0.3 is 0 Å². The highest BCUT2D eigenvalue weighted by Crippen LogP contribution is 2.27. The third-order valence-corrected chi connectivity index (χ3v) is 9.56. The molecule has 2 amide bonds. The molecule has 10 heteroatoms. The molecule has 0 saturated heterocycles. The van der Waals surface area contributed by atoms with E-state index in [2.05, 4.69) is 5.32 Å². The summed E-state index contributed by atoms with van der Waals surface area (Å²) < 4.78 is 27.0. The highest BCUT2D eigenvalue weighted by atomic mass is 35.5. The van der Waals surface area contributed by atoms with Crippen LogP contribution in [0.5, 0.6) is 0 Å². The molecule has 0 unspecified atom stereocenters. The average Bonchev–Trinajstić information content (AvgIpc) is 2.96. The number of nitrogens with one attached hydrogen (secondary N) is 1. The monoisotopic (exact) mass is 629 g/mol. The number of rotatable bonds is 11. The topological polar surface area (TPSA) is 86.8 Å². The normalized spacial score (nSPS) is 14.7. The van der Waals surface area contributed by atoms with E-state index in [1.807, 2.05) is 43.3 Å². The van der Waals surface area contributed by atoms with Crippen LogP contribution in [0.2, 0.25) is 10.0 Å². The molecule has 0 aromatic heterocycles. The quantitative estimate of drug-likeness (QED) is 0.275. The molecule has 1 saturated carbocycles. The van der Waals surface area contributed by atoms with Gasteiger partial charge in [0.05, 0.1) is 11.9 Å². The fourth-order valence-corrected chi connectivity index (χ4v) is 6.47. The summed E-state index contributed by atoms with van der Waals surface area (Å²) in [6.45, 7) is 1.33. The van der Waals surface area contributed by atoms with Gasteiger partial charge < -0.3 is 10.2 Å². The predicted octanol–water partition coefficient (Wildman–Crippen LogP) is 6.16. The lowest BCUT2D eigenvalue weighted by Crippen LogP contribution is -2.55. The third kappa shape index (κ3) is 8.49. The van der Waals surface area contributed by atoms with Gasteiger partial charge in [-0.1, -0.05) is 97.1 Å². The van der Waals surface area contributed by atoms with Crippen molar-refractivity contribution in [1.82, 2.24) is 10.2 Å². The van der Waals surface area contributed by atoms with Crippen LogP contribution in [0.3, 0.4) is 0 Å². The first kappa shape index (κ1) is 31.9. The van der Waals surface area contributed by atoms with Crippen molar-refractivity contribution in [3.8, 4) is 0 Å². The van der Waals surface area contributed by atoms with Crippen LogP contribution in [0.1, 0.15) is 48.8 Å². The average molecular weight is 631 g/mol. The van der Waals surface area contributed by atoms with Gasteiger partial charge in [0.2, 0.25) is 21.8 Å². The molecule has 0 heterocycles. The fraction of sp³-hybridized carbons (Fsp3) is 0.375. The Hall–Kier alpha value is -3.07. The van der Waals surface area contributed by atoms with Crippen molar-refractivity contribution in [1.29, 1.82) is 0 Å². The number of carbonyl (C=O) groups excluding carboxylic acids is 2. The number of halogens is 2. The fourth-order valence-electron chi connectivity index (χ4n) is 5.26. The first-order valence-electron chi connectivity index (χ1n) is 14.1. The van der Waals surface area contributed by atoms with Crippen molar-refractivity contribution >= 4 is 50.7 Å². The Morgan fingerprint density at radius 3 is 2.24 bits per heavy atom. The second-order valence-corrected chi connectivity index (χ2v) is 13.6. The van der Waals surface area contributed by atoms with Gasteiger partial charge in [0, 0.05) is 29.1 Å². The molecule has 7 nitrogen and oxygen atoms in total. The van der Waals surface area contributed by atoms with Crippen LogP contribution in [0.25, 0.3) is 0 Å². The third-order valence-electron chi connectivity index (χ3n) is 7.64. The molecule has 0 spiro atoms. The van der Waals surface area contributed by atoms with Crippen LogP contribution >= 0.6 is 23.2 Å². The summed E-state index contributed by atoms with van der Waals surface area (Å²) >= 11 is 12.8. The van der Waals surface area contributed by atoms with Crippen LogP contribution in [0, 0.1) is 6.92 Å². The van der Waals surface area contributed by atoms with E-state index in [0.29, 0.717) is 15.6 Å². The lowest BCUT2D eigenvalue weighted by Gasteiger charge is -2.35. The molecule has 4 rings (SSSR count). The predicted molar refractivity (Wildman–Crippen MR) is 169 cm³/mol. The van der Waals surface area contributed by atoms with Gasteiger partial charge in [-0.2, -0.15) is 0 Å². The number of anilines is 1. The largest absolute Gasteiger partial charge is 0.352 e. The first-order chi connectivity index (χ1) is 20.0. The Morgan fingerprint density at radius 2 is 1.60 bits per heavy atom. The van der Waals surface area contributed by atoms with Crippen molar-refractivity contribution in [2.75, 3.05) is 17.1 Å². The van der Waals surface area contributed by atoms with Crippen molar-refractivity contribution in [2.45, 2.75) is 64.1 Å². The zero-order valence-corrected chi connectivity index (χ0v) is 26.3. The molecule has 3 aromatic rings. The van der Waals surface area contributed by atoms with Gasteiger partial charge in [0.15, 0.2) is 0 Å². The molecule has 1 aliphatic carbocycles. The van der Waals surface area contributed by atoms with Crippen LogP contribution in [-0.2, 0) is 32.6 Å². The van der Waals surface area contributed by atoms with Gasteiger partial charge in [-0.05, 0) is 54.7 Å². The molecular weight excluding hydrogens is 593 g/mol. The molecule has 224 valence electrons. The van der Waals surface area contributed by atoms with Gasteiger partial charge in [0.1, 0.15) is 12.6 Å². The molecule has 1 aliphatic rings. The Labute approximate surface area is 258 Å². The second kappa shape index (κ2) is 14.4. The lowest BCUT2D eigenvalue weighted by molar-refractivity contribution is -0.140. The van der Waals surface area contributed by atoms with E-state index in [0.717, 1.165) is 53.8 Å². The van der Waals surface area contributed by atoms with Gasteiger partial charge in [0.25, 0.3) is 0 Å². The van der Waals surface area contributed by atoms with Crippen molar-refractivity contribution < 1.29 is 18.0 Å². The highest BCUT2D eigenvalue weighted by molar-refractivity contribution is 7.92. The molecule has 0 aliphatic heterocycles. The lowest BCUT2D eigenvalue weighted by atomic mass is 9.94. The summed E-state index contributed by atoms with van der Waals surface area (Å²) in [6, 6.07) is 20.6. The van der Waals surface area contributed by atoms with Crippen molar-refractivity contribution in [3.05, 3.63) is 99.5 Å². The SMILES string of the molecule is Cc1ccc(N(CC(=O)N(Cc2ccccc2Cl)[C@H](Cc2ccccc2)C(=O)NC2CCCCC2)S(C)(=O)=O)cc1Cl. The summed E-state index contributed by atoms with van der Waals surface area (Å²) in [5, 5.41) is 4.02. The van der Waals surface area contributed by atoms with E-state index in [-0.39, 0.29) is 30.6 Å². The Morgan fingerprint density at radius 1 is 0.929 bits per heavy atom. The van der Waals surface area contributed by atoms with Crippen LogP contribution in [0.15, 0.2) is 72.8 Å². The number of carbonyl (C=O) groups is 2. The highest BCUT2D eigenvalue weighted by Gasteiger charge is 2.34. The zero-order valence-electron chi connectivity index (χ0n) is 23.9. The minimum Gasteiger partial charge on any atom is -0.352 e. The molecule has 0 radical (unpaired) electrons. The molecule has 1 N–H and O–H groups in total. The Balaban J connectivity index is 1.74. The Kier molecular flexibility index (Phi) is 10.9. The van der Waals surface area contributed by atoms with E-state index < -0.39 is 28.5 Å². The summed E-state index contributed by atoms with van der Waals surface area (Å²) in [7, 11) is -3.88. The minimum absolute atomic E-state index is 0.0281. The van der Waals surface area contributed by atoms with Crippen LogP contribution in [-0.4, -0.2) is 50.0 Å². The number of sulfonamides is 1. The first-order valence-corrected chi connectivity index (χ1v) is 16.7. The summed E-state index contributed by atoms with van der Waals surface area (Å²) in [5.74, 6) is -0.799. The molecule has 3 aromatic carbocycles. The van der Waals surface area contributed by atoms with E-state index in [4.69, 9.17) is 23.2 Å². The molecule has 42 heavy (non-hydrogen) atoms. The van der Waals surface area contributed by atoms with E-state index in [1.54, 1.807) is 30.3 Å². The Bertz CT molecular complexity index is 1490. The van der Waals surface area contributed by atoms with Gasteiger partial charge in [-0.15, -0.1) is 0 Å². The minimum atomic E-state index is -3.88. The van der Waals surface area contributed by atoms with E-state index in [1.165, 1.54) is 11.0 Å². The summed E-state index contributed by atoms with van der Waals surface area (Å²) in [5.41, 5.74) is 2.58. The van der Waals surface area contributed by atoms with Crippen LogP contribution < -0.4 is 9.62 Å². The maximum Gasteiger partial charge on any atom is 0.244 e. The summed E-state index contributed by atoms with van der Waals surface area (Å²) in [4.78, 5) is 29.7. The van der Waals surface area contributed by atoms with E-state index >= 15 is 0 Å². The van der Waals surface area contributed by atoms with Gasteiger partial charge in [-0.25, -0.2) is 8.42 Å². The van der Waals surface area contributed by atoms with Gasteiger partial charge in [-0.3, -0.25) is 13.9 Å². The smallest absolute Gasteiger partial charge is 0.244 e. The number of hydrogen-bond acceptors (Lipinski definition) is 4. The molecule has 1 atom stereocenters. The number of benzene rings is 3. The zero-order chi connectivity index (χ0) is 30.3. The van der Waals surface area contributed by atoms with E-state index in [9.17, 15) is 18.0 Å². The second-order valence-electron chi connectivity index (χ2n) is 10.9. The molecule has 1 fully saturated rings. The molecular formula is C32H37Cl2N3O4S. The summed E-state index contributed by atoms with van der Waals surface area (Å²) in [6.07, 6.45) is 6.30. The van der Waals surface area contributed by atoms with Crippen molar-refractivity contribution in [2.24, 2.45) is 0 Å². The molecule has 0 bridgehead atoms. The standard InChI is InChI=1S/C32H37Cl2N3O4S/c1-23-17-18-27(20-29(23)34)37(42(2,40)41)22-31(38)36(21-25-13-9-10-16-28(25)33)30(19-24-11-5-3-6-12-24)32(39)35-26-14-7-4-8-15-26/h3,5-6,9-13,16-18,20,26,30H,4,7-8,14-15,19,21-22H2,1-2H3,(H,35,39)/t30-/m1/s1. The maximum atomic E-state index is 14.2. The number of nitrogens with zero attached hydrogens (tertiary/aromatic N) is 2. The van der Waals surface area contributed by atoms with Crippen molar-refractivity contribution in [3.63, 3.8) is 0 Å². The number of hydrogen-bond donors (Lipinski definition) is 1. The maximum absolute atomic E-state index is 14.2. The van der Waals surface area contributed by atoms with Crippen LogP contribution in [0.4, 0.5) is 5.69 Å².